The Kier molecular flexibility index (Phi) is 32.6. The number of rotatable bonds is 40. The Morgan fingerprint density at radius 1 is 0.435 bits per heavy atom. The van der Waals surface area contributed by atoms with Crippen molar-refractivity contribution in [3.63, 3.8) is 0 Å². The number of aryl methyl sites for hydroxylation is 1. The average molecular weight is 896 g/mol. The molecule has 0 aliphatic heterocycles. The molecule has 0 fully saturated rings. The summed E-state index contributed by atoms with van der Waals surface area (Å²) >= 11 is 0. The Labute approximate surface area is 378 Å². The molecule has 1 aromatic rings. The van der Waals surface area contributed by atoms with Crippen LogP contribution < -0.4 is 0 Å². The molecule has 6 N–H and O–H groups in total. The van der Waals surface area contributed by atoms with Gasteiger partial charge in [0.05, 0.1) is 37.9 Å². The van der Waals surface area contributed by atoms with Gasteiger partial charge in [-0.3, -0.25) is 4.18 Å². The third kappa shape index (κ3) is 26.8. The summed E-state index contributed by atoms with van der Waals surface area (Å²) in [5.41, 5.74) is 0.958. The van der Waals surface area contributed by atoms with Gasteiger partial charge in [0.15, 0.2) is 0 Å². The molecule has 0 aromatic heterocycles. The first-order chi connectivity index (χ1) is 29.4. The van der Waals surface area contributed by atoms with Crippen molar-refractivity contribution in [3.8, 4) is 0 Å². The topological polar surface area (TPSA) is 203 Å². The summed E-state index contributed by atoms with van der Waals surface area (Å²) in [7, 11) is -7.56. The van der Waals surface area contributed by atoms with Crippen LogP contribution in [0.15, 0.2) is 29.2 Å². The molecule has 1 rings (SSSR count). The van der Waals surface area contributed by atoms with Crippen molar-refractivity contribution in [3.05, 3.63) is 29.8 Å². The van der Waals surface area contributed by atoms with Gasteiger partial charge in [-0.05, 0) is 92.5 Å². The Bertz CT molecular complexity index is 1350. The standard InChI is InChI=1S/C38H82B6N6O11S/c1-9-45(39(3)51)23-24-48(42(6)54)27-25-46(40(4)52)21-15-13-11-10-12-14-16-22-47(41(5)53)26-28-49(43(7)55)29-30-50(44(8)56)31-32-59-33-34-60-35-36-61-62(57,58)38-19-17-37(2)18-20-38/h17-20,51-56H,9-16,21-36H2,1-8H3. The molecule has 62 heavy (non-hydrogen) atoms. The number of likely N-dealkylation sites (N-methyl/N-ethyl adjacent to an activating group) is 1. The second kappa shape index (κ2) is 34.3. The number of unbranched alkanes of at least 4 members (excludes halogenated alkanes) is 6. The van der Waals surface area contributed by atoms with Gasteiger partial charge in [-0.15, -0.1) is 0 Å². The van der Waals surface area contributed by atoms with E-state index in [2.05, 4.69) is 4.81 Å². The average Bonchev–Trinajstić information content (AvgIpc) is 3.20. The minimum Gasteiger partial charge on any atom is -0.437 e. The van der Waals surface area contributed by atoms with Crippen molar-refractivity contribution in [1.82, 2.24) is 28.9 Å². The van der Waals surface area contributed by atoms with Crippen LogP contribution in [0, 0.1) is 6.92 Å². The van der Waals surface area contributed by atoms with Crippen molar-refractivity contribution in [1.29, 1.82) is 0 Å². The van der Waals surface area contributed by atoms with Crippen LogP contribution in [0.2, 0.25) is 40.9 Å². The molecular weight excluding hydrogens is 813 g/mol. The number of nitrogens with zero attached hydrogens (tertiary/aromatic N) is 6. The molecule has 0 unspecified atom stereocenters. The lowest BCUT2D eigenvalue weighted by atomic mass is 9.82. The third-order valence-corrected chi connectivity index (χ3v) is 12.7. The zero-order valence-electron chi connectivity index (χ0n) is 39.6. The predicted octanol–water partition coefficient (Wildman–Crippen LogP) is 0.958. The highest BCUT2D eigenvalue weighted by molar-refractivity contribution is 7.86. The molecule has 354 valence electrons. The highest BCUT2D eigenvalue weighted by atomic mass is 32.2. The quantitative estimate of drug-likeness (QED) is 0.0309. The maximum atomic E-state index is 12.3. The first-order valence-electron chi connectivity index (χ1n) is 23.0. The van der Waals surface area contributed by atoms with E-state index >= 15 is 0 Å². The van der Waals surface area contributed by atoms with Crippen LogP contribution >= 0.6 is 0 Å². The van der Waals surface area contributed by atoms with Gasteiger partial charge in [0, 0.05) is 58.9 Å². The summed E-state index contributed by atoms with van der Waals surface area (Å²) in [5, 5.41) is 62.0. The molecule has 17 nitrogen and oxygen atoms in total. The van der Waals surface area contributed by atoms with E-state index in [0.29, 0.717) is 72.1 Å². The maximum Gasteiger partial charge on any atom is 0.376 e. The van der Waals surface area contributed by atoms with Gasteiger partial charge in [0.25, 0.3) is 10.1 Å². The van der Waals surface area contributed by atoms with E-state index in [1.807, 2.05) is 37.9 Å². The number of hydrogen-bond donors (Lipinski definition) is 6. The normalized spacial score (nSPS) is 12.2. The molecule has 0 aliphatic rings. The fraction of sp³-hybridized carbons (Fsp3) is 0.842. The highest BCUT2D eigenvalue weighted by Gasteiger charge is 2.25. The second-order valence-electron chi connectivity index (χ2n) is 16.4. The Hall–Kier alpha value is -1.04. The Morgan fingerprint density at radius 3 is 1.11 bits per heavy atom. The predicted molar refractivity (Wildman–Crippen MR) is 256 cm³/mol. The van der Waals surface area contributed by atoms with Gasteiger partial charge in [-0.25, -0.2) is 0 Å². The van der Waals surface area contributed by atoms with E-state index in [-0.39, 0.29) is 24.7 Å². The molecule has 0 bridgehead atoms. The molecule has 24 heteroatoms. The Morgan fingerprint density at radius 2 is 0.742 bits per heavy atom. The fourth-order valence-electron chi connectivity index (χ4n) is 7.06. The molecule has 0 amide bonds. The smallest absolute Gasteiger partial charge is 0.376 e. The maximum absolute atomic E-state index is 12.3. The van der Waals surface area contributed by atoms with E-state index in [1.54, 1.807) is 53.1 Å². The molecule has 0 saturated carbocycles. The SMILES string of the molecule is CCN(CCN(CCN(CCCCCCCCCN(CCN(CCN(CCOCCOCCOS(=O)(=O)c1ccc(C)cc1)B(C)O)B(C)O)B(C)O)B(C)O)B(C)O)B(C)O. The fourth-order valence-corrected chi connectivity index (χ4v) is 7.95. The van der Waals surface area contributed by atoms with E-state index in [0.717, 1.165) is 70.1 Å². The number of ether oxygens (including phenoxy) is 2. The van der Waals surface area contributed by atoms with Crippen LogP contribution in [-0.2, 0) is 23.8 Å². The molecular formula is C38H82B6N6O11S. The molecule has 0 radical (unpaired) electrons. The summed E-state index contributed by atoms with van der Waals surface area (Å²) in [4.78, 5) is 11.9. The lowest BCUT2D eigenvalue weighted by Crippen LogP contribution is -2.50. The molecule has 1 aromatic carbocycles. The largest absolute Gasteiger partial charge is 0.437 e. The third-order valence-electron chi connectivity index (χ3n) is 11.3. The van der Waals surface area contributed by atoms with Gasteiger partial charge >= 0.3 is 42.3 Å². The van der Waals surface area contributed by atoms with Crippen LogP contribution in [0.3, 0.4) is 0 Å². The lowest BCUT2D eigenvalue weighted by molar-refractivity contribution is 0.0336. The summed E-state index contributed by atoms with van der Waals surface area (Å²) in [5.74, 6) is 0. The summed E-state index contributed by atoms with van der Waals surface area (Å²) in [6, 6.07) is 6.45. The van der Waals surface area contributed by atoms with Gasteiger partial charge < -0.3 is 68.5 Å². The molecule has 0 atom stereocenters. The van der Waals surface area contributed by atoms with Crippen molar-refractivity contribution >= 4 is 52.4 Å². The van der Waals surface area contributed by atoms with Crippen LogP contribution in [0.5, 0.6) is 0 Å². The van der Waals surface area contributed by atoms with E-state index < -0.39 is 52.4 Å². The second-order valence-corrected chi connectivity index (χ2v) is 18.0. The highest BCUT2D eigenvalue weighted by Crippen LogP contribution is 2.13. The van der Waals surface area contributed by atoms with Crippen LogP contribution in [0.1, 0.15) is 57.4 Å². The number of benzene rings is 1. The Balaban J connectivity index is 2.30. The van der Waals surface area contributed by atoms with E-state index in [1.165, 1.54) is 12.1 Å². The van der Waals surface area contributed by atoms with Crippen molar-refractivity contribution < 1.29 is 52.2 Å². The molecule has 0 saturated heterocycles. The molecule has 0 aliphatic carbocycles. The summed E-state index contributed by atoms with van der Waals surface area (Å²) in [6.07, 6.45) is 7.46. The first-order valence-corrected chi connectivity index (χ1v) is 24.4. The summed E-state index contributed by atoms with van der Waals surface area (Å²) < 4.78 is 40.7. The minimum absolute atomic E-state index is 0.101. The first kappa shape index (κ1) is 59.0. The zero-order chi connectivity index (χ0) is 46.5. The van der Waals surface area contributed by atoms with Crippen molar-refractivity contribution in [2.24, 2.45) is 0 Å². The van der Waals surface area contributed by atoms with Crippen molar-refractivity contribution in [2.45, 2.75) is 105 Å². The monoisotopic (exact) mass is 897 g/mol. The zero-order valence-corrected chi connectivity index (χ0v) is 40.4. The van der Waals surface area contributed by atoms with Gasteiger partial charge in [0.1, 0.15) is 0 Å². The van der Waals surface area contributed by atoms with Crippen molar-refractivity contribution in [2.75, 3.05) is 112 Å². The van der Waals surface area contributed by atoms with E-state index in [4.69, 9.17) is 13.7 Å². The van der Waals surface area contributed by atoms with Gasteiger partial charge in [-0.1, -0.05) is 56.7 Å². The van der Waals surface area contributed by atoms with Crippen LogP contribution in [-0.4, -0.2) is 221 Å². The molecule has 0 spiro atoms. The van der Waals surface area contributed by atoms with Crippen LogP contribution in [0.4, 0.5) is 0 Å². The van der Waals surface area contributed by atoms with Crippen LogP contribution in [0.25, 0.3) is 0 Å². The van der Waals surface area contributed by atoms with E-state index in [9.17, 15) is 38.6 Å². The number of hydrogen-bond acceptors (Lipinski definition) is 17. The van der Waals surface area contributed by atoms with Gasteiger partial charge in [0.2, 0.25) is 0 Å². The lowest BCUT2D eigenvalue weighted by Gasteiger charge is -2.31. The van der Waals surface area contributed by atoms with Gasteiger partial charge in [-0.2, -0.15) is 8.42 Å². The summed E-state index contributed by atoms with van der Waals surface area (Å²) in [6.45, 7) is 22.8. The molecule has 0 heterocycles. The minimum atomic E-state index is -3.83.